The Morgan fingerprint density at radius 2 is 1.09 bits per heavy atom. The van der Waals surface area contributed by atoms with Crippen molar-refractivity contribution in [1.82, 2.24) is 10.0 Å². The van der Waals surface area contributed by atoms with E-state index >= 15 is 0 Å². The molecular weight excluding hydrogens is 1020 g/mol. The number of hydrogen-bond acceptors (Lipinski definition) is 29. The van der Waals surface area contributed by atoms with Gasteiger partial charge in [-0.25, -0.2) is 18.6 Å². The molecule has 4 fully saturated rings. The summed E-state index contributed by atoms with van der Waals surface area (Å²) in [6.07, 6.45) is -53.5. The molecule has 4 aliphatic heterocycles. The number of ether oxygens (including phenoxy) is 8. The second kappa shape index (κ2) is 24.2. The largest absolute Gasteiger partial charge is 0.479 e. The van der Waals surface area contributed by atoms with Crippen LogP contribution in [0.5, 0.6) is 0 Å². The summed E-state index contributed by atoms with van der Waals surface area (Å²) in [7, 11) is -11.2. The fourth-order valence-electron chi connectivity index (χ4n) is 7.51. The molecule has 406 valence electrons. The van der Waals surface area contributed by atoms with Crippen LogP contribution in [-0.4, -0.2) is 293 Å². The summed E-state index contributed by atoms with van der Waals surface area (Å²) >= 11 is 0. The van der Waals surface area contributed by atoms with Crippen molar-refractivity contribution in [3.8, 4) is 0 Å². The van der Waals surface area contributed by atoms with E-state index in [1.54, 1.807) is 0 Å². The van der Waals surface area contributed by atoms with E-state index in [-0.39, 0.29) is 0 Å². The van der Waals surface area contributed by atoms with Crippen molar-refractivity contribution in [3.05, 3.63) is 0 Å². The molecule has 4 saturated heterocycles. The van der Waals surface area contributed by atoms with Crippen LogP contribution in [0, 0.1) is 0 Å². The standard InChI is InChI=1S/C32H52N2O34S2/c1-5(38)33-9-12(41)19(7(3-36)60-29(9)64-21(18(47)26(48)49)11(40)6(39)2-35)62-31-17(46)16(45)22(25(67-31)28(52)53)65-30-10(34-69(54,55)56)13(42)20(8(4-37)61-30)63-32-24(68-70(57,58)59)15(44)14(43)23(66-32)27(50)51/h6-25,29-32,34-37,39-47H,2-4H2,1H3,(H,33,38)(H,48,49)(H,50,51)(H,52,53)(H,54,55,56)(H,57,58,59)/t6-,7-,8-,9-,10-,11+,12-,13-,14+,15+,16-,17-,18-,19-,20-,21-,22+,23-,24-,25+,29-,30-,31-,32-/m1/s1. The van der Waals surface area contributed by atoms with Gasteiger partial charge in [-0.1, -0.05) is 0 Å². The smallest absolute Gasteiger partial charge is 0.397 e. The zero-order valence-corrected chi connectivity index (χ0v) is 37.0. The Balaban J connectivity index is 1.63. The van der Waals surface area contributed by atoms with Crippen molar-refractivity contribution in [1.29, 1.82) is 0 Å². The molecule has 0 unspecified atom stereocenters. The topological polar surface area (TPSA) is 588 Å². The third kappa shape index (κ3) is 14.1. The van der Waals surface area contributed by atoms with Crippen LogP contribution in [0.3, 0.4) is 0 Å². The van der Waals surface area contributed by atoms with Crippen molar-refractivity contribution in [3.63, 3.8) is 0 Å². The minimum absolute atomic E-state index is 0.867. The Bertz CT molecular complexity index is 2020. The minimum Gasteiger partial charge on any atom is -0.479 e. The number of carbonyl (C=O) groups excluding carboxylic acids is 1. The molecule has 0 aromatic heterocycles. The number of carbonyl (C=O) groups is 4. The van der Waals surface area contributed by atoms with Crippen molar-refractivity contribution in [2.24, 2.45) is 0 Å². The molecule has 0 radical (unpaired) electrons. The fourth-order valence-corrected chi connectivity index (χ4v) is 8.59. The first-order valence-corrected chi connectivity index (χ1v) is 22.7. The van der Waals surface area contributed by atoms with Gasteiger partial charge in [-0.15, -0.1) is 0 Å². The van der Waals surface area contributed by atoms with Gasteiger partial charge in [0.25, 0.3) is 0 Å². The van der Waals surface area contributed by atoms with Gasteiger partial charge >= 0.3 is 38.6 Å². The van der Waals surface area contributed by atoms with Gasteiger partial charge in [0.1, 0.15) is 97.5 Å². The number of carboxylic acid groups (broad SMARTS) is 3. The molecule has 36 nitrogen and oxygen atoms in total. The number of nitrogens with one attached hydrogen (secondary N) is 2. The lowest BCUT2D eigenvalue weighted by atomic mass is 9.94. The van der Waals surface area contributed by atoms with E-state index in [1.165, 1.54) is 4.72 Å². The highest BCUT2D eigenvalue weighted by molar-refractivity contribution is 7.83. The van der Waals surface area contributed by atoms with Crippen molar-refractivity contribution >= 4 is 44.5 Å². The normalized spacial score (nSPS) is 40.3. The highest BCUT2D eigenvalue weighted by Gasteiger charge is 2.59. The highest BCUT2D eigenvalue weighted by atomic mass is 32.3. The maximum absolute atomic E-state index is 12.6. The molecule has 70 heavy (non-hydrogen) atoms. The van der Waals surface area contributed by atoms with E-state index in [0.29, 0.717) is 0 Å². The third-order valence-electron chi connectivity index (χ3n) is 10.8. The van der Waals surface area contributed by atoms with E-state index in [1.807, 2.05) is 0 Å². The minimum atomic E-state index is -5.62. The maximum Gasteiger partial charge on any atom is 0.397 e. The summed E-state index contributed by atoms with van der Waals surface area (Å²) in [6.45, 7) is -2.95. The summed E-state index contributed by atoms with van der Waals surface area (Å²) < 4.78 is 115. The van der Waals surface area contributed by atoms with E-state index in [0.717, 1.165) is 6.92 Å². The van der Waals surface area contributed by atoms with Gasteiger partial charge in [-0.2, -0.15) is 21.6 Å². The van der Waals surface area contributed by atoms with E-state index < -0.39 is 211 Å². The molecular formula is C32H52N2O34S2. The van der Waals surface area contributed by atoms with Gasteiger partial charge in [-0.3, -0.25) is 13.9 Å². The zero-order chi connectivity index (χ0) is 53.1. The van der Waals surface area contributed by atoms with E-state index in [4.69, 9.17) is 37.9 Å². The Labute approximate surface area is 391 Å². The van der Waals surface area contributed by atoms with Gasteiger partial charge in [0.15, 0.2) is 49.6 Å². The molecule has 0 aliphatic carbocycles. The molecule has 24 atom stereocenters. The summed E-state index contributed by atoms with van der Waals surface area (Å²) in [5, 5.41) is 158. The summed E-state index contributed by atoms with van der Waals surface area (Å²) in [5.74, 6) is -7.18. The monoisotopic (exact) mass is 1070 g/mol. The van der Waals surface area contributed by atoms with Gasteiger partial charge in [0.05, 0.1) is 19.8 Å². The number of aliphatic carboxylic acids is 3. The Morgan fingerprint density at radius 3 is 1.56 bits per heavy atom. The SMILES string of the molecule is CC(=O)N[C@H]1[C@@H](O[C@H]([C@@H](O)[C@H](O)CO)[C@@H](O)C(=O)O)O[C@H](CO)[C@@H](O[C@@H]2O[C@H](C(=O)O)[C@@H](O[C@H]3O[C@H](CO)[C@@H](O[C@@H]4O[C@@H](C(=O)O)[C@@H](O)[C@H](O)[C@H]4OS(=O)(=O)O)[C@H](O)[C@H]3NS(=O)(=O)O)[C@H](O)[C@H]2O)[C@@H]1O. The third-order valence-corrected chi connectivity index (χ3v) is 11.9. The van der Waals surface area contributed by atoms with Crippen LogP contribution in [0.1, 0.15) is 6.92 Å². The van der Waals surface area contributed by atoms with Crippen LogP contribution in [-0.2, 0) is 82.0 Å². The lowest BCUT2D eigenvalue weighted by Gasteiger charge is -2.49. The van der Waals surface area contributed by atoms with Crippen molar-refractivity contribution < 1.29 is 164 Å². The second-order valence-corrected chi connectivity index (χ2v) is 17.9. The van der Waals surface area contributed by atoms with E-state index in [9.17, 15) is 122 Å². The Morgan fingerprint density at radius 1 is 0.600 bits per heavy atom. The number of aliphatic hydroxyl groups is 12. The van der Waals surface area contributed by atoms with Crippen LogP contribution in [0.25, 0.3) is 0 Å². The quantitative estimate of drug-likeness (QED) is 0.0448. The van der Waals surface area contributed by atoms with Crippen LogP contribution >= 0.6 is 0 Å². The fraction of sp³-hybridized carbons (Fsp3) is 0.875. The van der Waals surface area contributed by atoms with Gasteiger partial charge in [-0.05, 0) is 0 Å². The zero-order valence-electron chi connectivity index (χ0n) is 35.3. The van der Waals surface area contributed by atoms with Crippen molar-refractivity contribution in [2.75, 3.05) is 19.8 Å². The molecule has 0 bridgehead atoms. The number of amides is 1. The summed E-state index contributed by atoms with van der Waals surface area (Å²) in [5.41, 5.74) is 0. The first-order chi connectivity index (χ1) is 32.4. The molecule has 38 heteroatoms. The molecule has 0 aromatic carbocycles. The van der Waals surface area contributed by atoms with Gasteiger partial charge in [0.2, 0.25) is 5.91 Å². The average Bonchev–Trinajstić information content (AvgIpc) is 3.26. The van der Waals surface area contributed by atoms with E-state index in [2.05, 4.69) is 9.50 Å². The number of carboxylic acids is 3. The van der Waals surface area contributed by atoms with Crippen LogP contribution in [0.4, 0.5) is 0 Å². The van der Waals surface area contributed by atoms with Gasteiger partial charge < -0.3 is 120 Å². The highest BCUT2D eigenvalue weighted by Crippen LogP contribution is 2.36. The first kappa shape index (κ1) is 59.4. The van der Waals surface area contributed by atoms with Crippen LogP contribution in [0.15, 0.2) is 0 Å². The molecule has 0 spiro atoms. The summed E-state index contributed by atoms with van der Waals surface area (Å²) in [6, 6.07) is -4.52. The summed E-state index contributed by atoms with van der Waals surface area (Å²) in [4.78, 5) is 48.2. The first-order valence-electron chi connectivity index (χ1n) is 19.9. The molecule has 0 aromatic rings. The lowest BCUT2D eigenvalue weighted by Crippen LogP contribution is -2.70. The molecule has 19 N–H and O–H groups in total. The molecule has 1 amide bonds. The van der Waals surface area contributed by atoms with Gasteiger partial charge in [0, 0.05) is 6.92 Å². The lowest BCUT2D eigenvalue weighted by molar-refractivity contribution is -0.372. The Hall–Kier alpha value is -3.18. The average molecular weight is 1070 g/mol. The van der Waals surface area contributed by atoms with Crippen molar-refractivity contribution in [2.45, 2.75) is 154 Å². The predicted molar refractivity (Wildman–Crippen MR) is 205 cm³/mol. The number of hydrogen-bond donors (Lipinski definition) is 19. The Kier molecular flexibility index (Phi) is 20.6. The molecule has 0 saturated carbocycles. The molecule has 4 aliphatic rings. The number of aliphatic hydroxyl groups excluding tert-OH is 12. The van der Waals surface area contributed by atoms with Crippen LogP contribution < -0.4 is 10.0 Å². The molecule has 4 heterocycles. The van der Waals surface area contributed by atoms with Crippen LogP contribution in [0.2, 0.25) is 0 Å². The predicted octanol–water partition coefficient (Wildman–Crippen LogP) is -12.6. The second-order valence-electron chi connectivity index (χ2n) is 15.7. The maximum atomic E-state index is 12.6. The molecule has 4 rings (SSSR count). The number of rotatable bonds is 22.